The number of rotatable bonds is 4. The monoisotopic (exact) mass is 320 g/mol. The highest BCUT2D eigenvalue weighted by Crippen LogP contribution is 2.35. The highest BCUT2D eigenvalue weighted by atomic mass is 79.9. The molecular weight excluding hydrogens is 315 g/mol. The second-order valence-electron chi connectivity index (χ2n) is 2.95. The van der Waals surface area contributed by atoms with Crippen LogP contribution in [0.4, 0.5) is 15.8 Å². The van der Waals surface area contributed by atoms with Crippen molar-refractivity contribution in [2.24, 2.45) is 0 Å². The lowest BCUT2D eigenvalue weighted by Gasteiger charge is -2.09. The van der Waals surface area contributed by atoms with Crippen LogP contribution in [0.3, 0.4) is 0 Å². The van der Waals surface area contributed by atoms with Crippen molar-refractivity contribution in [2.45, 2.75) is 0 Å². The Morgan fingerprint density at radius 3 is 2.72 bits per heavy atom. The molecule has 0 unspecified atom stereocenters. The fourth-order valence-corrected chi connectivity index (χ4v) is 1.67. The number of hydrogen-bond acceptors (Lipinski definition) is 5. The fourth-order valence-electron chi connectivity index (χ4n) is 1.26. The molecule has 0 saturated heterocycles. The van der Waals surface area contributed by atoms with Crippen LogP contribution in [0, 0.1) is 15.9 Å². The predicted molar refractivity (Wildman–Crippen MR) is 61.8 cm³/mol. The molecule has 0 aliphatic heterocycles. The summed E-state index contributed by atoms with van der Waals surface area (Å²) in [4.78, 5) is 31.7. The molecule has 1 rings (SSSR count). The molecule has 0 atom stereocenters. The first-order valence-corrected chi connectivity index (χ1v) is 5.18. The van der Waals surface area contributed by atoms with Crippen LogP contribution in [-0.2, 0) is 9.53 Å². The topological polar surface area (TPSA) is 98.5 Å². The standard InChI is InChI=1S/C9H6BrFN2O5/c1-18-9(15)6-7(11)4(10)2-5(13(16)17)8(6)12-3-14/h2-3H,1H3,(H,12,14). The van der Waals surface area contributed by atoms with Gasteiger partial charge in [-0.2, -0.15) is 0 Å². The molecule has 18 heavy (non-hydrogen) atoms. The number of benzene rings is 1. The van der Waals surface area contributed by atoms with Crippen molar-refractivity contribution >= 4 is 39.7 Å². The molecule has 1 aromatic carbocycles. The molecule has 96 valence electrons. The van der Waals surface area contributed by atoms with Crippen molar-refractivity contribution in [3.05, 3.63) is 32.0 Å². The zero-order valence-corrected chi connectivity index (χ0v) is 10.5. The molecule has 7 nitrogen and oxygen atoms in total. The first kappa shape index (κ1) is 14.0. The average Bonchev–Trinajstić information content (AvgIpc) is 2.33. The maximum Gasteiger partial charge on any atom is 0.343 e. The van der Waals surface area contributed by atoms with Crippen molar-refractivity contribution in [3.63, 3.8) is 0 Å². The number of nitrogens with zero attached hydrogens (tertiary/aromatic N) is 1. The van der Waals surface area contributed by atoms with Gasteiger partial charge in [-0.1, -0.05) is 0 Å². The van der Waals surface area contributed by atoms with Crippen LogP contribution in [0.1, 0.15) is 10.4 Å². The molecule has 0 spiro atoms. The summed E-state index contributed by atoms with van der Waals surface area (Å²) in [5, 5.41) is 12.7. The molecule has 0 aliphatic rings. The van der Waals surface area contributed by atoms with Gasteiger partial charge in [0, 0.05) is 6.07 Å². The van der Waals surface area contributed by atoms with E-state index in [1.54, 1.807) is 0 Å². The molecule has 0 heterocycles. The van der Waals surface area contributed by atoms with Gasteiger partial charge < -0.3 is 10.1 Å². The van der Waals surface area contributed by atoms with Crippen molar-refractivity contribution in [3.8, 4) is 0 Å². The molecule has 1 amide bonds. The maximum atomic E-state index is 13.7. The molecule has 0 bridgehead atoms. The summed E-state index contributed by atoms with van der Waals surface area (Å²) < 4.78 is 17.8. The van der Waals surface area contributed by atoms with E-state index in [9.17, 15) is 24.1 Å². The number of esters is 1. The number of methoxy groups -OCH3 is 1. The number of anilines is 1. The third kappa shape index (κ3) is 2.45. The normalized spacial score (nSPS) is 9.72. The highest BCUT2D eigenvalue weighted by Gasteiger charge is 2.28. The molecule has 0 radical (unpaired) electrons. The van der Waals surface area contributed by atoms with Gasteiger partial charge in [-0.25, -0.2) is 9.18 Å². The summed E-state index contributed by atoms with van der Waals surface area (Å²) in [5.74, 6) is -2.20. The largest absolute Gasteiger partial charge is 0.465 e. The summed E-state index contributed by atoms with van der Waals surface area (Å²) in [6, 6.07) is 0.841. The van der Waals surface area contributed by atoms with Crippen LogP contribution in [0.25, 0.3) is 0 Å². The Morgan fingerprint density at radius 1 is 1.67 bits per heavy atom. The van der Waals surface area contributed by atoms with Crippen LogP contribution < -0.4 is 5.32 Å². The average molecular weight is 321 g/mol. The molecule has 0 saturated carbocycles. The van der Waals surface area contributed by atoms with Gasteiger partial charge in [-0.3, -0.25) is 14.9 Å². The minimum absolute atomic E-state index is 0.0993. The number of hydrogen-bond donors (Lipinski definition) is 1. The minimum atomic E-state index is -1.14. The Morgan fingerprint density at radius 2 is 2.28 bits per heavy atom. The Labute approximate surface area is 108 Å². The van der Waals surface area contributed by atoms with Crippen LogP contribution in [0.2, 0.25) is 0 Å². The molecule has 1 N–H and O–H groups in total. The third-order valence-corrected chi connectivity index (χ3v) is 2.57. The lowest BCUT2D eigenvalue weighted by atomic mass is 10.1. The predicted octanol–water partition coefficient (Wildman–Crippen LogP) is 1.85. The van der Waals surface area contributed by atoms with Crippen LogP contribution in [0.5, 0.6) is 0 Å². The van der Waals surface area contributed by atoms with Gasteiger partial charge in [0.25, 0.3) is 5.69 Å². The summed E-state index contributed by atoms with van der Waals surface area (Å²) in [6.07, 6.45) is 0.0993. The minimum Gasteiger partial charge on any atom is -0.465 e. The van der Waals surface area contributed by atoms with E-state index >= 15 is 0 Å². The van der Waals surface area contributed by atoms with E-state index in [4.69, 9.17) is 0 Å². The number of carbonyl (C=O) groups excluding carboxylic acids is 2. The van der Waals surface area contributed by atoms with E-state index in [2.05, 4.69) is 20.7 Å². The van der Waals surface area contributed by atoms with E-state index in [0.717, 1.165) is 13.2 Å². The number of nitro benzene ring substituents is 1. The number of nitrogens with one attached hydrogen (secondary N) is 1. The fraction of sp³-hybridized carbons (Fsp3) is 0.111. The molecule has 0 fully saturated rings. The number of halogens is 2. The van der Waals surface area contributed by atoms with Crippen molar-refractivity contribution in [1.29, 1.82) is 0 Å². The molecule has 0 aliphatic carbocycles. The van der Waals surface area contributed by atoms with Gasteiger partial charge in [0.2, 0.25) is 6.41 Å². The smallest absolute Gasteiger partial charge is 0.343 e. The Bertz CT molecular complexity index is 534. The molecule has 0 aromatic heterocycles. The third-order valence-electron chi connectivity index (χ3n) is 1.99. The number of ether oxygens (including phenoxy) is 1. The van der Waals surface area contributed by atoms with E-state index < -0.39 is 33.6 Å². The quantitative estimate of drug-likeness (QED) is 0.395. The zero-order valence-electron chi connectivity index (χ0n) is 8.90. The Balaban J connectivity index is 3.67. The number of amides is 1. The van der Waals surface area contributed by atoms with Crippen molar-refractivity contribution in [2.75, 3.05) is 12.4 Å². The first-order chi connectivity index (χ1) is 8.43. The van der Waals surface area contributed by atoms with E-state index in [0.29, 0.717) is 0 Å². The van der Waals surface area contributed by atoms with Crippen molar-refractivity contribution < 1.29 is 23.6 Å². The number of carbonyl (C=O) groups is 2. The van der Waals surface area contributed by atoms with Gasteiger partial charge in [-0.15, -0.1) is 0 Å². The van der Waals surface area contributed by atoms with Gasteiger partial charge >= 0.3 is 5.97 Å². The van der Waals surface area contributed by atoms with Crippen LogP contribution in [0.15, 0.2) is 10.5 Å². The van der Waals surface area contributed by atoms with E-state index in [-0.39, 0.29) is 10.9 Å². The van der Waals surface area contributed by atoms with Crippen molar-refractivity contribution in [1.82, 2.24) is 0 Å². The first-order valence-electron chi connectivity index (χ1n) is 4.38. The van der Waals surface area contributed by atoms with E-state index in [1.165, 1.54) is 0 Å². The summed E-state index contributed by atoms with van der Waals surface area (Å²) in [6.45, 7) is 0. The summed E-state index contributed by atoms with van der Waals surface area (Å²) in [7, 11) is 0.985. The van der Waals surface area contributed by atoms with Gasteiger partial charge in [0.1, 0.15) is 11.3 Å². The second-order valence-corrected chi connectivity index (χ2v) is 3.81. The van der Waals surface area contributed by atoms with Crippen LogP contribution >= 0.6 is 15.9 Å². The maximum absolute atomic E-state index is 13.7. The van der Waals surface area contributed by atoms with Gasteiger partial charge in [0.05, 0.1) is 16.5 Å². The van der Waals surface area contributed by atoms with Gasteiger partial charge in [-0.05, 0) is 15.9 Å². The van der Waals surface area contributed by atoms with Crippen LogP contribution in [-0.4, -0.2) is 24.4 Å². The zero-order chi connectivity index (χ0) is 13.9. The SMILES string of the molecule is COC(=O)c1c(F)c(Br)cc([N+](=O)[O-])c1NC=O. The second kappa shape index (κ2) is 5.54. The summed E-state index contributed by atoms with van der Waals surface area (Å²) in [5.41, 5.74) is -1.90. The lowest BCUT2D eigenvalue weighted by molar-refractivity contribution is -0.384. The molecule has 1 aromatic rings. The van der Waals surface area contributed by atoms with E-state index in [1.807, 2.05) is 5.32 Å². The number of nitro groups is 1. The molecular formula is C9H6BrFN2O5. The molecule has 9 heteroatoms. The Hall–Kier alpha value is -2.03. The van der Waals surface area contributed by atoms with Gasteiger partial charge in [0.15, 0.2) is 5.82 Å². The highest BCUT2D eigenvalue weighted by molar-refractivity contribution is 9.10. The lowest BCUT2D eigenvalue weighted by Crippen LogP contribution is -2.12. The summed E-state index contributed by atoms with van der Waals surface area (Å²) >= 11 is 2.74. The Kier molecular flexibility index (Phi) is 4.32.